The average Bonchev–Trinajstić information content (AvgIpc) is 2.61. The van der Waals surface area contributed by atoms with E-state index in [0.29, 0.717) is 25.0 Å². The largest absolute Gasteiger partial charge is 0.481 e. The molecule has 0 aliphatic carbocycles. The lowest BCUT2D eigenvalue weighted by atomic mass is 10.0. The first-order valence-electron chi connectivity index (χ1n) is 10.7. The number of carbonyl (C=O) groups is 2. The van der Waals surface area contributed by atoms with Crippen molar-refractivity contribution in [3.63, 3.8) is 0 Å². The van der Waals surface area contributed by atoms with Gasteiger partial charge in [-0.15, -0.1) is 0 Å². The minimum Gasteiger partial charge on any atom is -0.481 e. The first kappa shape index (κ1) is 26.2. The number of unbranched alkanes of at least 4 members (excludes halogenated alkanes) is 9. The highest BCUT2D eigenvalue weighted by Gasteiger charge is 2.19. The van der Waals surface area contributed by atoms with Crippen LogP contribution >= 0.6 is 11.8 Å². The maximum absolute atomic E-state index is 10.7. The van der Waals surface area contributed by atoms with E-state index in [1.54, 1.807) is 11.8 Å². The van der Waals surface area contributed by atoms with Crippen molar-refractivity contribution in [3.8, 4) is 0 Å². The van der Waals surface area contributed by atoms with Crippen molar-refractivity contribution in [2.45, 2.75) is 115 Å². The Labute approximate surface area is 169 Å². The molecule has 3 N–H and O–H groups in total. The molecule has 0 unspecified atom stereocenters. The van der Waals surface area contributed by atoms with Crippen molar-refractivity contribution < 1.29 is 24.9 Å². The molecule has 0 heterocycles. The Morgan fingerprint density at radius 3 is 1.81 bits per heavy atom. The van der Waals surface area contributed by atoms with Crippen LogP contribution in [0.4, 0.5) is 0 Å². The van der Waals surface area contributed by atoms with Crippen LogP contribution in [-0.2, 0) is 9.59 Å². The van der Waals surface area contributed by atoms with Gasteiger partial charge in [-0.1, -0.05) is 71.1 Å². The van der Waals surface area contributed by atoms with Gasteiger partial charge in [0.15, 0.2) is 0 Å². The Bertz CT molecular complexity index is 376. The van der Waals surface area contributed by atoms with Gasteiger partial charge in [0.05, 0.1) is 12.5 Å². The van der Waals surface area contributed by atoms with Gasteiger partial charge in [-0.05, 0) is 19.3 Å². The van der Waals surface area contributed by atoms with Crippen LogP contribution in [0.15, 0.2) is 0 Å². The molecule has 0 radical (unpaired) electrons. The van der Waals surface area contributed by atoms with Crippen LogP contribution in [0.25, 0.3) is 0 Å². The molecule has 0 spiro atoms. The Hall–Kier alpha value is -0.750. The number of hydrogen-bond donors (Lipinski definition) is 3. The molecule has 5 nitrogen and oxygen atoms in total. The van der Waals surface area contributed by atoms with Crippen LogP contribution in [0.3, 0.4) is 0 Å². The van der Waals surface area contributed by atoms with Gasteiger partial charge in [-0.25, -0.2) is 0 Å². The normalized spacial score (nSPS) is 13.4. The smallest absolute Gasteiger partial charge is 0.304 e. The monoisotopic (exact) mass is 404 g/mol. The van der Waals surface area contributed by atoms with E-state index in [0.717, 1.165) is 19.3 Å². The number of carboxylic acid groups (broad SMARTS) is 2. The highest BCUT2D eigenvalue weighted by Crippen LogP contribution is 2.25. The molecule has 0 amide bonds. The minimum absolute atomic E-state index is 0.0544. The highest BCUT2D eigenvalue weighted by molar-refractivity contribution is 7.99. The van der Waals surface area contributed by atoms with Crippen molar-refractivity contribution in [1.82, 2.24) is 0 Å². The van der Waals surface area contributed by atoms with Gasteiger partial charge in [0.2, 0.25) is 0 Å². The van der Waals surface area contributed by atoms with E-state index in [4.69, 9.17) is 10.2 Å². The molecular weight excluding hydrogens is 364 g/mol. The molecule has 0 rings (SSSR count). The van der Waals surface area contributed by atoms with E-state index in [1.165, 1.54) is 44.9 Å². The number of aliphatic carboxylic acids is 2. The number of aliphatic hydroxyl groups excluding tert-OH is 1. The molecule has 6 heteroatoms. The van der Waals surface area contributed by atoms with Gasteiger partial charge >= 0.3 is 11.9 Å². The number of carboxylic acids is 2. The predicted molar refractivity (Wildman–Crippen MR) is 112 cm³/mol. The van der Waals surface area contributed by atoms with Crippen LogP contribution in [0.5, 0.6) is 0 Å². The molecule has 0 aromatic heterocycles. The molecule has 0 bridgehead atoms. The molecule has 0 aliphatic heterocycles. The zero-order valence-corrected chi connectivity index (χ0v) is 17.9. The second kappa shape index (κ2) is 18.6. The number of rotatable bonds is 20. The predicted octanol–water partition coefficient (Wildman–Crippen LogP) is 5.49. The Kier molecular flexibility index (Phi) is 18.1. The maximum Gasteiger partial charge on any atom is 0.304 e. The molecule has 0 fully saturated rings. The highest BCUT2D eigenvalue weighted by atomic mass is 32.2. The lowest BCUT2D eigenvalue weighted by molar-refractivity contribution is -0.137. The van der Waals surface area contributed by atoms with Gasteiger partial charge in [0, 0.05) is 17.4 Å². The fraction of sp³-hybridized carbons (Fsp3) is 0.905. The third-order valence-electron chi connectivity index (χ3n) is 4.81. The van der Waals surface area contributed by atoms with E-state index in [2.05, 4.69) is 6.92 Å². The molecule has 0 saturated heterocycles. The summed E-state index contributed by atoms with van der Waals surface area (Å²) in [5.74, 6) is -1.09. The fourth-order valence-corrected chi connectivity index (χ4v) is 4.44. The van der Waals surface area contributed by atoms with E-state index in [-0.39, 0.29) is 18.1 Å². The molecule has 0 aromatic rings. The summed E-state index contributed by atoms with van der Waals surface area (Å²) in [4.78, 5) is 21.3. The molecule has 0 saturated carbocycles. The average molecular weight is 405 g/mol. The Balaban J connectivity index is 4.00. The van der Waals surface area contributed by atoms with Crippen molar-refractivity contribution >= 4 is 23.7 Å². The summed E-state index contributed by atoms with van der Waals surface area (Å²) in [5.41, 5.74) is 0. The minimum atomic E-state index is -0.805. The van der Waals surface area contributed by atoms with E-state index < -0.39 is 18.0 Å². The lowest BCUT2D eigenvalue weighted by Crippen LogP contribution is -2.24. The van der Waals surface area contributed by atoms with E-state index in [1.807, 2.05) is 0 Å². The number of aliphatic hydroxyl groups is 1. The first-order valence-corrected chi connectivity index (χ1v) is 11.8. The molecule has 27 heavy (non-hydrogen) atoms. The lowest BCUT2D eigenvalue weighted by Gasteiger charge is -2.22. The van der Waals surface area contributed by atoms with Gasteiger partial charge < -0.3 is 15.3 Å². The van der Waals surface area contributed by atoms with Crippen molar-refractivity contribution in [2.24, 2.45) is 0 Å². The standard InChI is InChI=1S/C21H40O5S/c1-2-3-4-5-6-7-8-9-10-14-19(27-17-16-21(25)26)18(22)13-11-12-15-20(23)24/h18-19,22H,2-17H2,1H3,(H,23,24)(H,25,26)/t18-,19+/m0/s1. The fourth-order valence-electron chi connectivity index (χ4n) is 3.16. The van der Waals surface area contributed by atoms with Gasteiger partial charge in [-0.2, -0.15) is 11.8 Å². The van der Waals surface area contributed by atoms with Gasteiger partial charge in [-0.3, -0.25) is 9.59 Å². The summed E-state index contributed by atoms with van der Waals surface area (Å²) in [5, 5.41) is 28.0. The summed E-state index contributed by atoms with van der Waals surface area (Å²) < 4.78 is 0. The maximum atomic E-state index is 10.7. The number of hydrogen-bond acceptors (Lipinski definition) is 4. The second-order valence-electron chi connectivity index (χ2n) is 7.38. The van der Waals surface area contributed by atoms with Crippen molar-refractivity contribution in [1.29, 1.82) is 0 Å². The Morgan fingerprint density at radius 1 is 0.741 bits per heavy atom. The Morgan fingerprint density at radius 2 is 1.26 bits per heavy atom. The van der Waals surface area contributed by atoms with E-state index >= 15 is 0 Å². The second-order valence-corrected chi connectivity index (χ2v) is 8.72. The van der Waals surface area contributed by atoms with Crippen molar-refractivity contribution in [2.75, 3.05) is 5.75 Å². The molecule has 160 valence electrons. The molecule has 2 atom stereocenters. The zero-order valence-electron chi connectivity index (χ0n) is 17.0. The van der Waals surface area contributed by atoms with Crippen LogP contribution in [0.2, 0.25) is 0 Å². The quantitative estimate of drug-likeness (QED) is 0.232. The summed E-state index contributed by atoms with van der Waals surface area (Å²) >= 11 is 1.55. The number of thioether (sulfide) groups is 1. The zero-order chi connectivity index (χ0) is 20.3. The summed E-state index contributed by atoms with van der Waals surface area (Å²) in [6.07, 6.45) is 13.9. The first-order chi connectivity index (χ1) is 13.0. The van der Waals surface area contributed by atoms with Crippen LogP contribution in [0.1, 0.15) is 103 Å². The molecule has 0 aromatic carbocycles. The third kappa shape index (κ3) is 18.4. The van der Waals surface area contributed by atoms with E-state index in [9.17, 15) is 14.7 Å². The van der Waals surface area contributed by atoms with Crippen LogP contribution in [-0.4, -0.2) is 44.4 Å². The van der Waals surface area contributed by atoms with Crippen LogP contribution in [0, 0.1) is 0 Å². The summed E-state index contributed by atoms with van der Waals surface area (Å²) in [7, 11) is 0. The van der Waals surface area contributed by atoms with Gasteiger partial charge in [0.25, 0.3) is 0 Å². The van der Waals surface area contributed by atoms with Gasteiger partial charge in [0.1, 0.15) is 0 Å². The molecule has 0 aliphatic rings. The summed E-state index contributed by atoms with van der Waals surface area (Å²) in [6, 6.07) is 0. The SMILES string of the molecule is CCCCCCCCCCC[C@@H](SCCC(=O)O)[C@@H](O)CCCCC(=O)O. The third-order valence-corrected chi connectivity index (χ3v) is 6.23. The molecular formula is C21H40O5S. The van der Waals surface area contributed by atoms with Crippen molar-refractivity contribution in [3.05, 3.63) is 0 Å². The van der Waals surface area contributed by atoms with Crippen LogP contribution < -0.4 is 0 Å². The topological polar surface area (TPSA) is 94.8 Å². The summed E-state index contributed by atoms with van der Waals surface area (Å²) in [6.45, 7) is 2.23.